The Morgan fingerprint density at radius 2 is 1.93 bits per heavy atom. The molecule has 0 aromatic heterocycles. The molecule has 0 spiro atoms. The van der Waals surface area contributed by atoms with Crippen molar-refractivity contribution in [1.29, 1.82) is 0 Å². The van der Waals surface area contributed by atoms with E-state index in [1.807, 2.05) is 0 Å². The molecule has 3 nitrogen and oxygen atoms in total. The normalized spacial score (nSPS) is 10.1. The third-order valence-electron chi connectivity index (χ3n) is 1.61. The van der Waals surface area contributed by atoms with Crippen LogP contribution in [0.15, 0.2) is 12.1 Å². The molecular formula is C9H5F2IO3. The van der Waals surface area contributed by atoms with Crippen LogP contribution in [-0.2, 0) is 0 Å². The topological polar surface area (TPSA) is 43.4 Å². The number of hydrogen-bond acceptors (Lipinski definition) is 3. The van der Waals surface area contributed by atoms with Gasteiger partial charge in [-0.25, -0.2) is 0 Å². The molecule has 0 N–H and O–H groups in total. The largest absolute Gasteiger partial charge is 0.435 e. The molecule has 0 saturated heterocycles. The molecule has 1 aromatic carbocycles. The molecule has 6 heteroatoms. The van der Waals surface area contributed by atoms with Gasteiger partial charge in [-0.2, -0.15) is 8.78 Å². The summed E-state index contributed by atoms with van der Waals surface area (Å²) in [7, 11) is 0. The second kappa shape index (κ2) is 5.15. The van der Waals surface area contributed by atoms with E-state index in [-0.39, 0.29) is 16.9 Å². The monoisotopic (exact) mass is 326 g/mol. The average Bonchev–Trinajstić information content (AvgIpc) is 2.15. The SMILES string of the molecule is O=Cc1cc(OC(F)F)cc(I)c1C=O. The van der Waals surface area contributed by atoms with Gasteiger partial charge in [0.15, 0.2) is 12.6 Å². The highest BCUT2D eigenvalue weighted by molar-refractivity contribution is 14.1. The molecule has 0 amide bonds. The van der Waals surface area contributed by atoms with Crippen LogP contribution in [0.25, 0.3) is 0 Å². The van der Waals surface area contributed by atoms with E-state index in [4.69, 9.17) is 0 Å². The molecule has 0 bridgehead atoms. The number of alkyl halides is 2. The van der Waals surface area contributed by atoms with Crippen molar-refractivity contribution >= 4 is 35.2 Å². The van der Waals surface area contributed by atoms with E-state index in [2.05, 4.69) is 4.74 Å². The number of halogens is 3. The Kier molecular flexibility index (Phi) is 4.13. The summed E-state index contributed by atoms with van der Waals surface area (Å²) in [4.78, 5) is 21.2. The van der Waals surface area contributed by atoms with Crippen LogP contribution in [0.1, 0.15) is 20.7 Å². The lowest BCUT2D eigenvalue weighted by Crippen LogP contribution is -2.04. The maximum atomic E-state index is 11.9. The first-order chi connectivity index (χ1) is 7.08. The molecule has 80 valence electrons. The highest BCUT2D eigenvalue weighted by Crippen LogP contribution is 2.23. The number of hydrogen-bond donors (Lipinski definition) is 0. The minimum absolute atomic E-state index is 0.0348. The zero-order chi connectivity index (χ0) is 11.4. The van der Waals surface area contributed by atoms with Gasteiger partial charge in [0, 0.05) is 14.7 Å². The van der Waals surface area contributed by atoms with Gasteiger partial charge in [-0.3, -0.25) is 9.59 Å². The molecule has 0 radical (unpaired) electrons. The van der Waals surface area contributed by atoms with E-state index >= 15 is 0 Å². The van der Waals surface area contributed by atoms with Crippen molar-refractivity contribution < 1.29 is 23.1 Å². The van der Waals surface area contributed by atoms with Crippen LogP contribution < -0.4 is 4.74 Å². The molecule has 1 aromatic rings. The van der Waals surface area contributed by atoms with Crippen LogP contribution in [0, 0.1) is 3.57 Å². The van der Waals surface area contributed by atoms with Gasteiger partial charge in [-0.05, 0) is 34.7 Å². The van der Waals surface area contributed by atoms with Crippen LogP contribution in [0.3, 0.4) is 0 Å². The standard InChI is InChI=1S/C9H5F2IO3/c10-9(11)15-6-1-5(3-13)7(4-14)8(12)2-6/h1-4,9H. The first-order valence-electron chi connectivity index (χ1n) is 3.77. The highest BCUT2D eigenvalue weighted by Gasteiger charge is 2.11. The molecule has 0 heterocycles. The summed E-state index contributed by atoms with van der Waals surface area (Å²) >= 11 is 1.77. The lowest BCUT2D eigenvalue weighted by Gasteiger charge is -2.07. The highest BCUT2D eigenvalue weighted by atomic mass is 127. The minimum Gasteiger partial charge on any atom is -0.435 e. The van der Waals surface area contributed by atoms with Gasteiger partial charge in [0.25, 0.3) is 0 Å². The zero-order valence-electron chi connectivity index (χ0n) is 7.25. The van der Waals surface area contributed by atoms with Crippen LogP contribution >= 0.6 is 22.6 Å². The summed E-state index contributed by atoms with van der Waals surface area (Å²) in [5.74, 6) is -0.137. The lowest BCUT2D eigenvalue weighted by atomic mass is 10.1. The maximum Gasteiger partial charge on any atom is 0.387 e. The molecule has 0 unspecified atom stereocenters. The zero-order valence-corrected chi connectivity index (χ0v) is 9.40. The van der Waals surface area contributed by atoms with Crippen LogP contribution in [0.4, 0.5) is 8.78 Å². The quantitative estimate of drug-likeness (QED) is 0.631. The predicted molar refractivity (Wildman–Crippen MR) is 56.6 cm³/mol. The Bertz CT molecular complexity index is 393. The Labute approximate surface area is 97.6 Å². The third kappa shape index (κ3) is 2.95. The van der Waals surface area contributed by atoms with Crippen LogP contribution in [0.5, 0.6) is 5.75 Å². The molecule has 15 heavy (non-hydrogen) atoms. The fourth-order valence-electron chi connectivity index (χ4n) is 1.01. The molecular weight excluding hydrogens is 321 g/mol. The van der Waals surface area contributed by atoms with Gasteiger partial charge in [0.2, 0.25) is 0 Å². The second-order valence-electron chi connectivity index (χ2n) is 2.52. The van der Waals surface area contributed by atoms with Crippen molar-refractivity contribution in [3.05, 3.63) is 26.8 Å². The molecule has 0 atom stereocenters. The van der Waals surface area contributed by atoms with Crippen molar-refractivity contribution in [3.63, 3.8) is 0 Å². The molecule has 1 rings (SSSR count). The van der Waals surface area contributed by atoms with Gasteiger partial charge in [-0.1, -0.05) is 0 Å². The van der Waals surface area contributed by atoms with Crippen molar-refractivity contribution in [2.75, 3.05) is 0 Å². The first kappa shape index (κ1) is 12.0. The van der Waals surface area contributed by atoms with Crippen LogP contribution in [-0.4, -0.2) is 19.2 Å². The Balaban J connectivity index is 3.19. The minimum atomic E-state index is -2.96. The van der Waals surface area contributed by atoms with E-state index in [1.165, 1.54) is 6.07 Å². The summed E-state index contributed by atoms with van der Waals surface area (Å²) in [6.07, 6.45) is 0.919. The van der Waals surface area contributed by atoms with Crippen molar-refractivity contribution in [1.82, 2.24) is 0 Å². The Hall–Kier alpha value is -1.05. The van der Waals surface area contributed by atoms with Gasteiger partial charge in [-0.15, -0.1) is 0 Å². The Morgan fingerprint density at radius 1 is 1.27 bits per heavy atom. The molecule has 0 aliphatic rings. The van der Waals surface area contributed by atoms with Crippen LogP contribution in [0.2, 0.25) is 0 Å². The summed E-state index contributed by atoms with van der Waals surface area (Å²) in [6, 6.07) is 2.37. The first-order valence-corrected chi connectivity index (χ1v) is 4.85. The smallest absolute Gasteiger partial charge is 0.387 e. The summed E-state index contributed by atoms with van der Waals surface area (Å²) in [6.45, 7) is -2.96. The number of ether oxygens (including phenoxy) is 1. The third-order valence-corrected chi connectivity index (χ3v) is 2.50. The van der Waals surface area contributed by atoms with E-state index < -0.39 is 6.61 Å². The van der Waals surface area contributed by atoms with Gasteiger partial charge in [0.05, 0.1) is 0 Å². The number of carbonyl (C=O) groups is 2. The van der Waals surface area contributed by atoms with Crippen molar-refractivity contribution in [3.8, 4) is 5.75 Å². The fourth-order valence-corrected chi connectivity index (χ4v) is 1.75. The Morgan fingerprint density at radius 3 is 2.40 bits per heavy atom. The van der Waals surface area contributed by atoms with E-state index in [0.717, 1.165) is 6.07 Å². The number of benzene rings is 1. The van der Waals surface area contributed by atoms with Crippen molar-refractivity contribution in [2.24, 2.45) is 0 Å². The van der Waals surface area contributed by atoms with Gasteiger partial charge in [0.1, 0.15) is 5.75 Å². The molecule has 0 saturated carbocycles. The van der Waals surface area contributed by atoms with Gasteiger partial charge < -0.3 is 4.74 Å². The second-order valence-corrected chi connectivity index (χ2v) is 3.68. The van der Waals surface area contributed by atoms with E-state index in [0.29, 0.717) is 16.1 Å². The van der Waals surface area contributed by atoms with Crippen molar-refractivity contribution in [2.45, 2.75) is 6.61 Å². The predicted octanol–water partition coefficient (Wildman–Crippen LogP) is 2.52. The average molecular weight is 326 g/mol. The van der Waals surface area contributed by atoms with Gasteiger partial charge >= 0.3 is 6.61 Å². The number of aldehydes is 2. The molecule has 0 fully saturated rings. The summed E-state index contributed by atoms with van der Waals surface area (Å²) in [5, 5.41) is 0. The summed E-state index contributed by atoms with van der Waals surface area (Å²) in [5.41, 5.74) is 0.208. The van der Waals surface area contributed by atoms with E-state index in [9.17, 15) is 18.4 Å². The van der Waals surface area contributed by atoms with E-state index in [1.54, 1.807) is 22.6 Å². The fraction of sp³-hybridized carbons (Fsp3) is 0.111. The lowest BCUT2D eigenvalue weighted by molar-refractivity contribution is -0.0499. The maximum absolute atomic E-state index is 11.9. The summed E-state index contributed by atoms with van der Waals surface area (Å²) < 4.78 is 28.3. The number of rotatable bonds is 4. The number of carbonyl (C=O) groups excluding carboxylic acids is 2. The molecule has 0 aliphatic heterocycles. The molecule has 0 aliphatic carbocycles.